The summed E-state index contributed by atoms with van der Waals surface area (Å²) in [4.78, 5) is 27.2. The van der Waals surface area contributed by atoms with Crippen molar-refractivity contribution in [3.8, 4) is 0 Å². The van der Waals surface area contributed by atoms with Crippen LogP contribution in [0.2, 0.25) is 0 Å². The number of rotatable bonds is 2. The highest BCUT2D eigenvalue weighted by molar-refractivity contribution is 5.28. The van der Waals surface area contributed by atoms with Gasteiger partial charge in [-0.3, -0.25) is 9.59 Å². The summed E-state index contributed by atoms with van der Waals surface area (Å²) in [6.45, 7) is 0.236. The van der Waals surface area contributed by atoms with E-state index in [1.807, 2.05) is 0 Å². The first-order chi connectivity index (χ1) is 8.08. The molecular weight excluding hydrogens is 220 g/mol. The molecule has 0 bridgehead atoms. The van der Waals surface area contributed by atoms with E-state index in [0.29, 0.717) is 11.5 Å². The number of aromatic nitrogens is 3. The Hall–Kier alpha value is -2.37. The van der Waals surface area contributed by atoms with Gasteiger partial charge in [-0.1, -0.05) is 6.07 Å². The molecule has 0 saturated carbocycles. The third-order valence-corrected chi connectivity index (χ3v) is 2.40. The summed E-state index contributed by atoms with van der Waals surface area (Å²) >= 11 is 0. The van der Waals surface area contributed by atoms with Crippen molar-refractivity contribution in [2.75, 3.05) is 5.73 Å². The van der Waals surface area contributed by atoms with Gasteiger partial charge in [0.2, 0.25) is 0 Å². The molecule has 0 radical (unpaired) electrons. The summed E-state index contributed by atoms with van der Waals surface area (Å²) in [5.74, 6) is 0.388. The van der Waals surface area contributed by atoms with E-state index in [1.54, 1.807) is 24.4 Å². The lowest BCUT2D eigenvalue weighted by Gasteiger charge is -2.05. The van der Waals surface area contributed by atoms with E-state index in [1.165, 1.54) is 22.4 Å². The predicted molar refractivity (Wildman–Crippen MR) is 63.7 cm³/mol. The zero-order valence-corrected chi connectivity index (χ0v) is 9.33. The van der Waals surface area contributed by atoms with Crippen LogP contribution in [0, 0.1) is 0 Å². The van der Waals surface area contributed by atoms with Gasteiger partial charge in [-0.15, -0.1) is 0 Å². The Kier molecular flexibility index (Phi) is 2.78. The average Bonchev–Trinajstić information content (AvgIpc) is 2.30. The summed E-state index contributed by atoms with van der Waals surface area (Å²) < 4.78 is 2.55. The minimum Gasteiger partial charge on any atom is -0.384 e. The lowest BCUT2D eigenvalue weighted by molar-refractivity contribution is 0.685. The summed E-state index contributed by atoms with van der Waals surface area (Å²) in [5.41, 5.74) is 5.05. The molecule has 0 amide bonds. The maximum atomic E-state index is 11.6. The summed E-state index contributed by atoms with van der Waals surface area (Å²) in [6.07, 6.45) is 3.09. The molecule has 0 unspecified atom stereocenters. The monoisotopic (exact) mass is 232 g/mol. The smallest absolute Gasteiger partial charge is 0.316 e. The lowest BCUT2D eigenvalue weighted by atomic mass is 10.3. The van der Waals surface area contributed by atoms with Crippen LogP contribution in [0.4, 0.5) is 5.82 Å². The van der Waals surface area contributed by atoms with Gasteiger partial charge in [-0.2, -0.15) is 0 Å². The van der Waals surface area contributed by atoms with Crippen LogP contribution in [-0.4, -0.2) is 14.1 Å². The molecule has 17 heavy (non-hydrogen) atoms. The van der Waals surface area contributed by atoms with E-state index >= 15 is 0 Å². The van der Waals surface area contributed by atoms with Crippen LogP contribution in [0.1, 0.15) is 5.69 Å². The van der Waals surface area contributed by atoms with Crippen LogP contribution < -0.4 is 16.9 Å². The number of hydrogen-bond acceptors (Lipinski definition) is 4. The van der Waals surface area contributed by atoms with E-state index in [2.05, 4.69) is 4.98 Å². The minimum atomic E-state index is -0.570. The number of aryl methyl sites for hydroxylation is 1. The topological polar surface area (TPSA) is 82.9 Å². The fraction of sp³-hybridized carbons (Fsp3) is 0.182. The molecule has 6 heteroatoms. The lowest BCUT2D eigenvalue weighted by Crippen LogP contribution is -2.39. The Balaban J connectivity index is 2.41. The quantitative estimate of drug-likeness (QED) is 0.712. The Morgan fingerprint density at radius 2 is 2.00 bits per heavy atom. The molecule has 0 spiro atoms. The normalized spacial score (nSPS) is 10.4. The van der Waals surface area contributed by atoms with E-state index in [-0.39, 0.29) is 6.54 Å². The van der Waals surface area contributed by atoms with E-state index < -0.39 is 11.1 Å². The van der Waals surface area contributed by atoms with Gasteiger partial charge in [-0.25, -0.2) is 4.98 Å². The zero-order valence-electron chi connectivity index (χ0n) is 9.33. The van der Waals surface area contributed by atoms with Gasteiger partial charge in [-0.05, 0) is 12.1 Å². The number of anilines is 1. The van der Waals surface area contributed by atoms with Crippen LogP contribution in [0.15, 0.2) is 40.2 Å². The third kappa shape index (κ3) is 2.25. The minimum absolute atomic E-state index is 0.236. The molecule has 2 aromatic rings. The van der Waals surface area contributed by atoms with Crippen LogP contribution >= 0.6 is 0 Å². The molecule has 0 aliphatic heterocycles. The third-order valence-electron chi connectivity index (χ3n) is 2.40. The Labute approximate surface area is 97.0 Å². The molecule has 2 rings (SSSR count). The maximum absolute atomic E-state index is 11.6. The molecule has 2 aromatic heterocycles. The summed E-state index contributed by atoms with van der Waals surface area (Å²) in [6, 6.07) is 5.17. The van der Waals surface area contributed by atoms with Gasteiger partial charge in [0.1, 0.15) is 5.82 Å². The molecule has 0 atom stereocenters. The van der Waals surface area contributed by atoms with Crippen molar-refractivity contribution in [3.05, 3.63) is 57.0 Å². The number of hydrogen-bond donors (Lipinski definition) is 1. The molecule has 0 aliphatic carbocycles. The fourth-order valence-corrected chi connectivity index (χ4v) is 1.47. The molecule has 0 aliphatic rings. The van der Waals surface area contributed by atoms with Gasteiger partial charge in [0.05, 0.1) is 12.2 Å². The SMILES string of the molecule is Cn1ccn(Cc2cccc(N)n2)c(=O)c1=O. The zero-order chi connectivity index (χ0) is 12.4. The van der Waals surface area contributed by atoms with Crippen LogP contribution in [0.5, 0.6) is 0 Å². The first-order valence-corrected chi connectivity index (χ1v) is 5.05. The molecule has 2 heterocycles. The largest absolute Gasteiger partial charge is 0.384 e. The highest BCUT2D eigenvalue weighted by Gasteiger charge is 2.03. The van der Waals surface area contributed by atoms with Crippen LogP contribution in [-0.2, 0) is 13.6 Å². The first-order valence-electron chi connectivity index (χ1n) is 5.05. The second-order valence-corrected chi connectivity index (χ2v) is 3.70. The van der Waals surface area contributed by atoms with E-state index in [4.69, 9.17) is 5.73 Å². The first kappa shape index (κ1) is 11.1. The van der Waals surface area contributed by atoms with E-state index in [0.717, 1.165) is 0 Å². The summed E-state index contributed by atoms with van der Waals surface area (Å²) in [7, 11) is 1.53. The molecule has 2 N–H and O–H groups in total. The predicted octanol–water partition coefficient (Wildman–Crippen LogP) is -0.428. The second kappa shape index (κ2) is 4.25. The molecule has 0 fully saturated rings. The molecule has 0 saturated heterocycles. The van der Waals surface area contributed by atoms with Crippen molar-refractivity contribution >= 4 is 5.82 Å². The van der Waals surface area contributed by atoms with Crippen LogP contribution in [0.3, 0.4) is 0 Å². The number of pyridine rings is 1. The highest BCUT2D eigenvalue weighted by atomic mass is 16.2. The number of nitrogen functional groups attached to an aromatic ring is 1. The number of nitrogens with zero attached hydrogens (tertiary/aromatic N) is 3. The molecule has 88 valence electrons. The second-order valence-electron chi connectivity index (χ2n) is 3.70. The van der Waals surface area contributed by atoms with Gasteiger partial charge in [0.25, 0.3) is 0 Å². The van der Waals surface area contributed by atoms with E-state index in [9.17, 15) is 9.59 Å². The van der Waals surface area contributed by atoms with Gasteiger partial charge in [0, 0.05) is 19.4 Å². The summed E-state index contributed by atoms with van der Waals surface area (Å²) in [5, 5.41) is 0. The van der Waals surface area contributed by atoms with Crippen molar-refractivity contribution < 1.29 is 0 Å². The average molecular weight is 232 g/mol. The van der Waals surface area contributed by atoms with Crippen molar-refractivity contribution in [1.29, 1.82) is 0 Å². The highest BCUT2D eigenvalue weighted by Crippen LogP contribution is 2.01. The Morgan fingerprint density at radius 1 is 1.24 bits per heavy atom. The Bertz CT molecular complexity index is 657. The van der Waals surface area contributed by atoms with Gasteiger partial charge >= 0.3 is 11.1 Å². The van der Waals surface area contributed by atoms with Crippen molar-refractivity contribution in [1.82, 2.24) is 14.1 Å². The van der Waals surface area contributed by atoms with Crippen LogP contribution in [0.25, 0.3) is 0 Å². The van der Waals surface area contributed by atoms with Crippen molar-refractivity contribution in [3.63, 3.8) is 0 Å². The van der Waals surface area contributed by atoms with Crippen molar-refractivity contribution in [2.24, 2.45) is 7.05 Å². The fourth-order valence-electron chi connectivity index (χ4n) is 1.47. The van der Waals surface area contributed by atoms with Gasteiger partial charge < -0.3 is 14.9 Å². The number of nitrogens with two attached hydrogens (primary N) is 1. The molecule has 0 aromatic carbocycles. The standard InChI is InChI=1S/C11H12N4O2/c1-14-5-6-15(11(17)10(14)16)7-8-3-2-4-9(12)13-8/h2-6H,7H2,1H3,(H2,12,13). The Morgan fingerprint density at radius 3 is 2.71 bits per heavy atom. The molecule has 6 nitrogen and oxygen atoms in total. The van der Waals surface area contributed by atoms with Gasteiger partial charge in [0.15, 0.2) is 0 Å². The molecular formula is C11H12N4O2. The van der Waals surface area contributed by atoms with Crippen molar-refractivity contribution in [2.45, 2.75) is 6.54 Å². The maximum Gasteiger partial charge on any atom is 0.316 e.